The maximum atomic E-state index is 13.1. The van der Waals surface area contributed by atoms with E-state index in [2.05, 4.69) is 5.10 Å². The van der Waals surface area contributed by atoms with E-state index in [1.807, 2.05) is 30.3 Å². The number of piperidine rings is 1. The first kappa shape index (κ1) is 18.8. The average Bonchev–Trinajstić information content (AvgIpc) is 2.68. The second-order valence-electron chi connectivity index (χ2n) is 7.36. The molecule has 0 bridgehead atoms. The van der Waals surface area contributed by atoms with Crippen LogP contribution in [0.25, 0.3) is 11.3 Å². The minimum Gasteiger partial charge on any atom is -0.369 e. The van der Waals surface area contributed by atoms with Crippen LogP contribution in [0.3, 0.4) is 0 Å². The number of aromatic nitrogens is 2. The van der Waals surface area contributed by atoms with Crippen molar-refractivity contribution in [3.05, 3.63) is 52.8 Å². The standard InChI is InChI=1S/C20H24N4O3/c1-20(2,19(27)23-12-10-15(11-13-23)18(21)26)24-17(25)9-8-16(22-24)14-6-4-3-5-7-14/h3-9,15H,10-13H2,1-2H3,(H2,21,26). The van der Waals surface area contributed by atoms with Crippen molar-refractivity contribution in [1.82, 2.24) is 14.7 Å². The van der Waals surface area contributed by atoms with E-state index in [-0.39, 0.29) is 23.3 Å². The van der Waals surface area contributed by atoms with Crippen LogP contribution in [0.15, 0.2) is 47.3 Å². The lowest BCUT2D eigenvalue weighted by Gasteiger charge is -2.36. The van der Waals surface area contributed by atoms with Crippen LogP contribution in [0.5, 0.6) is 0 Å². The summed E-state index contributed by atoms with van der Waals surface area (Å²) >= 11 is 0. The highest BCUT2D eigenvalue weighted by Gasteiger charge is 2.38. The maximum absolute atomic E-state index is 13.1. The van der Waals surface area contributed by atoms with Crippen LogP contribution in [0.4, 0.5) is 0 Å². The molecule has 7 nitrogen and oxygen atoms in total. The first-order valence-electron chi connectivity index (χ1n) is 9.05. The topological polar surface area (TPSA) is 98.3 Å². The van der Waals surface area contributed by atoms with Gasteiger partial charge in [0.25, 0.3) is 5.56 Å². The predicted octanol–water partition coefficient (Wildman–Crippen LogP) is 1.37. The molecule has 0 saturated carbocycles. The Morgan fingerprint density at radius 2 is 1.70 bits per heavy atom. The highest BCUT2D eigenvalue weighted by molar-refractivity contribution is 5.84. The van der Waals surface area contributed by atoms with E-state index in [0.29, 0.717) is 31.6 Å². The quantitative estimate of drug-likeness (QED) is 0.881. The molecule has 1 aromatic carbocycles. The van der Waals surface area contributed by atoms with Crippen LogP contribution in [-0.2, 0) is 15.1 Å². The third kappa shape index (κ3) is 3.77. The summed E-state index contributed by atoms with van der Waals surface area (Å²) in [5.41, 5.74) is 5.39. The number of carbonyl (C=O) groups excluding carboxylic acids is 2. The van der Waals surface area contributed by atoms with Crippen LogP contribution in [-0.4, -0.2) is 39.6 Å². The lowest BCUT2D eigenvalue weighted by molar-refractivity contribution is -0.142. The van der Waals surface area contributed by atoms with Crippen molar-refractivity contribution in [3.63, 3.8) is 0 Å². The zero-order chi connectivity index (χ0) is 19.6. The number of amides is 2. The molecular weight excluding hydrogens is 344 g/mol. The van der Waals surface area contributed by atoms with Crippen molar-refractivity contribution in [1.29, 1.82) is 0 Å². The number of hydrogen-bond acceptors (Lipinski definition) is 4. The number of likely N-dealkylation sites (tertiary alicyclic amines) is 1. The largest absolute Gasteiger partial charge is 0.369 e. The molecule has 27 heavy (non-hydrogen) atoms. The molecule has 0 unspecified atom stereocenters. The van der Waals surface area contributed by atoms with Gasteiger partial charge in [0, 0.05) is 30.6 Å². The summed E-state index contributed by atoms with van der Waals surface area (Å²) in [5, 5.41) is 4.46. The van der Waals surface area contributed by atoms with Gasteiger partial charge in [0.2, 0.25) is 11.8 Å². The van der Waals surface area contributed by atoms with E-state index >= 15 is 0 Å². The molecule has 1 fully saturated rings. The Hall–Kier alpha value is -2.96. The summed E-state index contributed by atoms with van der Waals surface area (Å²) in [5.74, 6) is -0.709. The Kier molecular flexibility index (Phi) is 5.12. The summed E-state index contributed by atoms with van der Waals surface area (Å²) in [6.07, 6.45) is 1.09. The number of carbonyl (C=O) groups is 2. The van der Waals surface area contributed by atoms with Gasteiger partial charge in [-0.1, -0.05) is 30.3 Å². The molecule has 2 N–H and O–H groups in total. The predicted molar refractivity (Wildman–Crippen MR) is 102 cm³/mol. The van der Waals surface area contributed by atoms with Crippen LogP contribution in [0.1, 0.15) is 26.7 Å². The second kappa shape index (κ2) is 7.34. The molecule has 2 heterocycles. The van der Waals surface area contributed by atoms with E-state index in [1.165, 1.54) is 10.7 Å². The molecule has 0 aliphatic carbocycles. The summed E-state index contributed by atoms with van der Waals surface area (Å²) < 4.78 is 1.25. The summed E-state index contributed by atoms with van der Waals surface area (Å²) in [4.78, 5) is 38.6. The number of hydrogen-bond donors (Lipinski definition) is 1. The normalized spacial score (nSPS) is 15.6. The van der Waals surface area contributed by atoms with Crippen molar-refractivity contribution in [3.8, 4) is 11.3 Å². The van der Waals surface area contributed by atoms with E-state index in [9.17, 15) is 14.4 Å². The number of rotatable bonds is 4. The zero-order valence-electron chi connectivity index (χ0n) is 15.6. The van der Waals surface area contributed by atoms with Crippen molar-refractivity contribution >= 4 is 11.8 Å². The van der Waals surface area contributed by atoms with Gasteiger partial charge in [-0.15, -0.1) is 0 Å². The van der Waals surface area contributed by atoms with Crippen LogP contribution >= 0.6 is 0 Å². The summed E-state index contributed by atoms with van der Waals surface area (Å²) in [7, 11) is 0. The minimum atomic E-state index is -1.14. The van der Waals surface area contributed by atoms with Gasteiger partial charge in [0.15, 0.2) is 0 Å². The van der Waals surface area contributed by atoms with Gasteiger partial charge in [0.1, 0.15) is 5.54 Å². The third-order valence-corrected chi connectivity index (χ3v) is 5.11. The lowest BCUT2D eigenvalue weighted by Crippen LogP contribution is -2.53. The number of nitrogens with two attached hydrogens (primary N) is 1. The molecule has 7 heteroatoms. The van der Waals surface area contributed by atoms with Gasteiger partial charge in [-0.2, -0.15) is 5.10 Å². The van der Waals surface area contributed by atoms with Crippen LogP contribution < -0.4 is 11.3 Å². The fraction of sp³-hybridized carbons (Fsp3) is 0.400. The van der Waals surface area contributed by atoms with Crippen molar-refractivity contribution < 1.29 is 9.59 Å². The maximum Gasteiger partial charge on any atom is 0.267 e. The highest BCUT2D eigenvalue weighted by atomic mass is 16.2. The van der Waals surface area contributed by atoms with Gasteiger partial charge >= 0.3 is 0 Å². The van der Waals surface area contributed by atoms with Gasteiger partial charge in [-0.25, -0.2) is 4.68 Å². The lowest BCUT2D eigenvalue weighted by atomic mass is 9.94. The SMILES string of the molecule is CC(C)(C(=O)N1CCC(C(N)=O)CC1)n1nc(-c2ccccc2)ccc1=O. The van der Waals surface area contributed by atoms with E-state index in [0.717, 1.165) is 5.56 Å². The average molecular weight is 368 g/mol. The van der Waals surface area contributed by atoms with Gasteiger partial charge in [-0.3, -0.25) is 14.4 Å². The Morgan fingerprint density at radius 1 is 1.07 bits per heavy atom. The fourth-order valence-corrected chi connectivity index (χ4v) is 3.42. The fourth-order valence-electron chi connectivity index (χ4n) is 3.42. The number of benzene rings is 1. The van der Waals surface area contributed by atoms with Crippen molar-refractivity contribution in [2.24, 2.45) is 11.7 Å². The zero-order valence-corrected chi connectivity index (χ0v) is 15.6. The minimum absolute atomic E-state index is 0.190. The Bertz CT molecular complexity index is 897. The molecule has 1 aliphatic rings. The first-order valence-corrected chi connectivity index (χ1v) is 9.05. The first-order chi connectivity index (χ1) is 12.8. The molecule has 0 atom stereocenters. The molecule has 2 amide bonds. The third-order valence-electron chi connectivity index (χ3n) is 5.11. The highest BCUT2D eigenvalue weighted by Crippen LogP contribution is 2.23. The van der Waals surface area contributed by atoms with E-state index in [1.54, 1.807) is 24.8 Å². The van der Waals surface area contributed by atoms with Gasteiger partial charge in [0.05, 0.1) is 5.69 Å². The molecule has 3 rings (SSSR count). The second-order valence-corrected chi connectivity index (χ2v) is 7.36. The van der Waals surface area contributed by atoms with Gasteiger partial charge < -0.3 is 10.6 Å². The molecule has 0 radical (unpaired) electrons. The Balaban J connectivity index is 1.87. The molecule has 1 aromatic heterocycles. The summed E-state index contributed by atoms with van der Waals surface area (Å²) in [6.45, 7) is 4.28. The van der Waals surface area contributed by atoms with Crippen LogP contribution in [0.2, 0.25) is 0 Å². The van der Waals surface area contributed by atoms with Gasteiger partial charge in [-0.05, 0) is 32.8 Å². The molecular formula is C20H24N4O3. The van der Waals surface area contributed by atoms with E-state index < -0.39 is 5.54 Å². The van der Waals surface area contributed by atoms with Crippen molar-refractivity contribution in [2.45, 2.75) is 32.2 Å². The Morgan fingerprint density at radius 3 is 2.30 bits per heavy atom. The smallest absolute Gasteiger partial charge is 0.267 e. The molecule has 142 valence electrons. The molecule has 1 aliphatic heterocycles. The monoisotopic (exact) mass is 368 g/mol. The molecule has 2 aromatic rings. The molecule has 0 spiro atoms. The molecule has 1 saturated heterocycles. The van der Waals surface area contributed by atoms with Crippen LogP contribution in [0, 0.1) is 5.92 Å². The number of nitrogens with zero attached hydrogens (tertiary/aromatic N) is 3. The number of primary amides is 1. The van der Waals surface area contributed by atoms with E-state index in [4.69, 9.17) is 5.73 Å². The summed E-state index contributed by atoms with van der Waals surface area (Å²) in [6, 6.07) is 12.6. The van der Waals surface area contributed by atoms with Crippen molar-refractivity contribution in [2.75, 3.05) is 13.1 Å². The Labute approximate surface area is 157 Å².